The molecule has 116 valence electrons. The molecule has 3 N–H and O–H groups in total. The van der Waals surface area contributed by atoms with Crippen molar-refractivity contribution in [1.29, 1.82) is 0 Å². The van der Waals surface area contributed by atoms with E-state index in [4.69, 9.17) is 5.11 Å². The van der Waals surface area contributed by atoms with Gasteiger partial charge < -0.3 is 15.7 Å². The van der Waals surface area contributed by atoms with Crippen LogP contribution in [0, 0.1) is 0 Å². The van der Waals surface area contributed by atoms with Crippen LogP contribution in [-0.4, -0.2) is 37.8 Å². The van der Waals surface area contributed by atoms with Crippen molar-refractivity contribution < 1.29 is 23.1 Å². The Morgan fingerprint density at radius 1 is 1.19 bits per heavy atom. The summed E-state index contributed by atoms with van der Waals surface area (Å²) in [6.07, 6.45) is 0.334. The van der Waals surface area contributed by atoms with Crippen LogP contribution in [0.5, 0.6) is 0 Å². The normalized spacial score (nSPS) is 10.9. The van der Waals surface area contributed by atoms with E-state index in [2.05, 4.69) is 10.6 Å². The van der Waals surface area contributed by atoms with Gasteiger partial charge in [0.1, 0.15) is 0 Å². The van der Waals surface area contributed by atoms with E-state index in [1.165, 1.54) is 24.3 Å². The first-order valence-corrected chi connectivity index (χ1v) is 8.10. The Labute approximate surface area is 123 Å². The lowest BCUT2D eigenvalue weighted by atomic mass is 10.3. The summed E-state index contributed by atoms with van der Waals surface area (Å²) in [5.41, 5.74) is 0.459. The van der Waals surface area contributed by atoms with E-state index in [1.54, 1.807) is 6.92 Å². The van der Waals surface area contributed by atoms with Gasteiger partial charge in [0.05, 0.1) is 10.6 Å². The highest BCUT2D eigenvalue weighted by molar-refractivity contribution is 7.91. The van der Waals surface area contributed by atoms with Crippen molar-refractivity contribution in [2.75, 3.05) is 17.6 Å². The predicted octanol–water partition coefficient (Wildman–Crippen LogP) is 1.47. The van der Waals surface area contributed by atoms with E-state index < -0.39 is 21.8 Å². The molecule has 8 heteroatoms. The maximum atomic E-state index is 11.6. The fraction of sp³-hybridized carbons (Fsp3) is 0.385. The number of urea groups is 1. The van der Waals surface area contributed by atoms with Gasteiger partial charge in [-0.1, -0.05) is 6.92 Å². The van der Waals surface area contributed by atoms with Crippen molar-refractivity contribution in [2.24, 2.45) is 0 Å². The monoisotopic (exact) mass is 314 g/mol. The van der Waals surface area contributed by atoms with E-state index in [1.807, 2.05) is 0 Å². The molecule has 0 spiro atoms. The number of carboxylic acids is 1. The average Bonchev–Trinajstić information content (AvgIpc) is 2.44. The lowest BCUT2D eigenvalue weighted by molar-refractivity contribution is -0.137. The van der Waals surface area contributed by atoms with Gasteiger partial charge in [-0.2, -0.15) is 0 Å². The van der Waals surface area contributed by atoms with Gasteiger partial charge in [0.15, 0.2) is 9.84 Å². The number of rotatable bonds is 7. The van der Waals surface area contributed by atoms with Gasteiger partial charge in [0, 0.05) is 18.7 Å². The SMILES string of the molecule is CCS(=O)(=O)c1ccc(NC(=O)NCCCC(=O)O)cc1. The van der Waals surface area contributed by atoms with Crippen molar-refractivity contribution in [1.82, 2.24) is 5.32 Å². The summed E-state index contributed by atoms with van der Waals surface area (Å²) in [5.74, 6) is -0.894. The van der Waals surface area contributed by atoms with Crippen molar-refractivity contribution in [3.05, 3.63) is 24.3 Å². The van der Waals surface area contributed by atoms with Gasteiger partial charge in [-0.15, -0.1) is 0 Å². The fourth-order valence-corrected chi connectivity index (χ4v) is 2.41. The number of anilines is 1. The maximum Gasteiger partial charge on any atom is 0.319 e. The van der Waals surface area contributed by atoms with E-state index >= 15 is 0 Å². The van der Waals surface area contributed by atoms with Crippen LogP contribution in [-0.2, 0) is 14.6 Å². The minimum atomic E-state index is -3.25. The molecule has 0 atom stereocenters. The van der Waals surface area contributed by atoms with Crippen LogP contribution in [0.4, 0.5) is 10.5 Å². The van der Waals surface area contributed by atoms with Crippen LogP contribution >= 0.6 is 0 Å². The summed E-state index contributed by atoms with van der Waals surface area (Å²) >= 11 is 0. The zero-order chi connectivity index (χ0) is 15.9. The molecule has 2 amide bonds. The number of carbonyl (C=O) groups is 2. The topological polar surface area (TPSA) is 113 Å². The second kappa shape index (κ2) is 7.63. The molecule has 0 aliphatic rings. The summed E-state index contributed by atoms with van der Waals surface area (Å²) in [6, 6.07) is 5.39. The third kappa shape index (κ3) is 5.82. The Balaban J connectivity index is 2.49. The molecule has 0 aromatic heterocycles. The molecule has 0 unspecified atom stereocenters. The smallest absolute Gasteiger partial charge is 0.319 e. The lowest BCUT2D eigenvalue weighted by Crippen LogP contribution is -2.29. The van der Waals surface area contributed by atoms with Crippen LogP contribution in [0.3, 0.4) is 0 Å². The number of aliphatic carboxylic acids is 1. The largest absolute Gasteiger partial charge is 0.481 e. The van der Waals surface area contributed by atoms with E-state index in [-0.39, 0.29) is 23.6 Å². The van der Waals surface area contributed by atoms with Crippen molar-refractivity contribution >= 4 is 27.5 Å². The second-order valence-corrected chi connectivity index (χ2v) is 6.58. The molecule has 0 aliphatic heterocycles. The van der Waals surface area contributed by atoms with Gasteiger partial charge in [-0.25, -0.2) is 13.2 Å². The minimum absolute atomic E-state index is 0.0101. The molecule has 0 saturated heterocycles. The highest BCUT2D eigenvalue weighted by Gasteiger charge is 2.11. The first-order valence-electron chi connectivity index (χ1n) is 6.44. The molecular weight excluding hydrogens is 296 g/mol. The van der Waals surface area contributed by atoms with Crippen LogP contribution in [0.1, 0.15) is 19.8 Å². The molecule has 21 heavy (non-hydrogen) atoms. The number of amides is 2. The molecule has 0 bridgehead atoms. The van der Waals surface area contributed by atoms with Gasteiger partial charge >= 0.3 is 12.0 Å². The summed E-state index contributed by atoms with van der Waals surface area (Å²) in [7, 11) is -3.25. The third-order valence-electron chi connectivity index (χ3n) is 2.70. The molecule has 1 aromatic rings. The Morgan fingerprint density at radius 2 is 1.81 bits per heavy atom. The number of benzene rings is 1. The van der Waals surface area contributed by atoms with Crippen LogP contribution in [0.15, 0.2) is 29.2 Å². The molecule has 1 aromatic carbocycles. The third-order valence-corrected chi connectivity index (χ3v) is 4.45. The van der Waals surface area contributed by atoms with Crippen molar-refractivity contribution in [2.45, 2.75) is 24.7 Å². The van der Waals surface area contributed by atoms with Crippen LogP contribution in [0.2, 0.25) is 0 Å². The fourth-order valence-electron chi connectivity index (χ4n) is 1.53. The average molecular weight is 314 g/mol. The van der Waals surface area contributed by atoms with E-state index in [0.717, 1.165) is 0 Å². The Morgan fingerprint density at radius 3 is 2.33 bits per heavy atom. The Kier molecular flexibility index (Phi) is 6.16. The molecule has 0 heterocycles. The quantitative estimate of drug-likeness (QED) is 0.660. The van der Waals surface area contributed by atoms with Crippen LogP contribution < -0.4 is 10.6 Å². The number of hydrogen-bond acceptors (Lipinski definition) is 4. The standard InChI is InChI=1S/C13H18N2O5S/c1-2-21(19,20)11-7-5-10(6-8-11)15-13(18)14-9-3-4-12(16)17/h5-8H,2-4,9H2,1H3,(H,16,17)(H2,14,15,18). The second-order valence-electron chi connectivity index (χ2n) is 4.31. The molecule has 0 radical (unpaired) electrons. The first-order chi connectivity index (χ1) is 9.85. The van der Waals surface area contributed by atoms with E-state index in [0.29, 0.717) is 12.1 Å². The first kappa shape index (κ1) is 17.0. The summed E-state index contributed by atoms with van der Waals surface area (Å²) in [4.78, 5) is 22.0. The van der Waals surface area contributed by atoms with Gasteiger partial charge in [-0.3, -0.25) is 4.79 Å². The molecule has 0 fully saturated rings. The number of sulfone groups is 1. The Bertz CT molecular complexity index is 595. The van der Waals surface area contributed by atoms with Crippen molar-refractivity contribution in [3.63, 3.8) is 0 Å². The maximum absolute atomic E-state index is 11.6. The molecule has 0 aliphatic carbocycles. The molecule has 1 rings (SSSR count). The van der Waals surface area contributed by atoms with Gasteiger partial charge in [-0.05, 0) is 30.7 Å². The highest BCUT2D eigenvalue weighted by Crippen LogP contribution is 2.15. The zero-order valence-corrected chi connectivity index (χ0v) is 12.4. The highest BCUT2D eigenvalue weighted by atomic mass is 32.2. The van der Waals surface area contributed by atoms with Crippen molar-refractivity contribution in [3.8, 4) is 0 Å². The predicted molar refractivity (Wildman–Crippen MR) is 78.1 cm³/mol. The van der Waals surface area contributed by atoms with Crippen LogP contribution in [0.25, 0.3) is 0 Å². The molecule has 7 nitrogen and oxygen atoms in total. The van der Waals surface area contributed by atoms with E-state index in [9.17, 15) is 18.0 Å². The molecular formula is C13H18N2O5S. The summed E-state index contributed by atoms with van der Waals surface area (Å²) in [5, 5.41) is 13.5. The lowest BCUT2D eigenvalue weighted by Gasteiger charge is -2.08. The van der Waals surface area contributed by atoms with Gasteiger partial charge in [0.2, 0.25) is 0 Å². The summed E-state index contributed by atoms with van der Waals surface area (Å²) < 4.78 is 23.2. The number of carboxylic acid groups (broad SMARTS) is 1. The molecule has 0 saturated carbocycles. The number of nitrogens with one attached hydrogen (secondary N) is 2. The van der Waals surface area contributed by atoms with Gasteiger partial charge in [0.25, 0.3) is 0 Å². The number of carbonyl (C=O) groups excluding carboxylic acids is 1. The Hall–Kier alpha value is -2.09. The zero-order valence-electron chi connectivity index (χ0n) is 11.6. The minimum Gasteiger partial charge on any atom is -0.481 e. The summed E-state index contributed by atoms with van der Waals surface area (Å²) in [6.45, 7) is 1.81. The number of hydrogen-bond donors (Lipinski definition) is 3.